The lowest BCUT2D eigenvalue weighted by molar-refractivity contribution is 0.0919. The molecule has 0 aromatic carbocycles. The van der Waals surface area contributed by atoms with Crippen molar-refractivity contribution in [2.45, 2.75) is 6.54 Å². The Morgan fingerprint density at radius 1 is 1.32 bits per heavy atom. The molecule has 1 amide bonds. The first kappa shape index (κ1) is 11.7. The van der Waals surface area contributed by atoms with Crippen molar-refractivity contribution in [2.24, 2.45) is 0 Å². The number of nitrogens with one attached hydrogen (secondary N) is 1. The Labute approximate surface area is 112 Å². The van der Waals surface area contributed by atoms with E-state index < -0.39 is 0 Å². The summed E-state index contributed by atoms with van der Waals surface area (Å²) < 4.78 is 10.4. The number of thiophene rings is 1. The highest BCUT2D eigenvalue weighted by Crippen LogP contribution is 2.22. The molecule has 3 aromatic heterocycles. The molecular formula is C12H9N3O3S. The normalized spacial score (nSPS) is 10.5. The summed E-state index contributed by atoms with van der Waals surface area (Å²) in [5, 5.41) is 12.4. The number of hydrogen-bond acceptors (Lipinski definition) is 6. The lowest BCUT2D eigenvalue weighted by atomic mass is 10.4. The molecule has 19 heavy (non-hydrogen) atoms. The second-order valence-electron chi connectivity index (χ2n) is 3.64. The Bertz CT molecular complexity index is 658. The Morgan fingerprint density at radius 2 is 2.26 bits per heavy atom. The van der Waals surface area contributed by atoms with E-state index >= 15 is 0 Å². The van der Waals surface area contributed by atoms with Gasteiger partial charge in [-0.15, -0.1) is 21.5 Å². The van der Waals surface area contributed by atoms with Gasteiger partial charge in [-0.05, 0) is 23.6 Å². The molecule has 3 heterocycles. The van der Waals surface area contributed by atoms with Crippen LogP contribution in [0.1, 0.15) is 16.4 Å². The van der Waals surface area contributed by atoms with Crippen molar-refractivity contribution in [3.8, 4) is 10.8 Å². The maximum Gasteiger partial charge on any atom is 0.287 e. The summed E-state index contributed by atoms with van der Waals surface area (Å²) in [4.78, 5) is 12.5. The molecule has 0 aliphatic carbocycles. The second kappa shape index (κ2) is 5.07. The highest BCUT2D eigenvalue weighted by molar-refractivity contribution is 7.13. The van der Waals surface area contributed by atoms with Gasteiger partial charge in [-0.25, -0.2) is 0 Å². The molecule has 0 aliphatic rings. The summed E-state index contributed by atoms with van der Waals surface area (Å²) in [5.74, 6) is 0.736. The van der Waals surface area contributed by atoms with Crippen LogP contribution in [0.2, 0.25) is 0 Å². The average molecular weight is 275 g/mol. The van der Waals surface area contributed by atoms with Gasteiger partial charge in [0.1, 0.15) is 0 Å². The molecule has 0 spiro atoms. The summed E-state index contributed by atoms with van der Waals surface area (Å²) in [7, 11) is 0. The highest BCUT2D eigenvalue weighted by Gasteiger charge is 2.12. The Hall–Kier alpha value is -2.41. The molecule has 0 atom stereocenters. The molecule has 3 aromatic rings. The summed E-state index contributed by atoms with van der Waals surface area (Å²) >= 11 is 1.51. The quantitative estimate of drug-likeness (QED) is 0.790. The molecule has 0 unspecified atom stereocenters. The van der Waals surface area contributed by atoms with E-state index in [0.717, 1.165) is 4.88 Å². The largest absolute Gasteiger partial charge is 0.459 e. The third-order valence-electron chi connectivity index (χ3n) is 2.34. The van der Waals surface area contributed by atoms with Crippen molar-refractivity contribution in [1.29, 1.82) is 0 Å². The summed E-state index contributed by atoms with van der Waals surface area (Å²) in [6.07, 6.45) is 1.44. The number of amides is 1. The number of hydrogen-bond donors (Lipinski definition) is 1. The van der Waals surface area contributed by atoms with Crippen LogP contribution in [0.25, 0.3) is 10.8 Å². The Morgan fingerprint density at radius 3 is 3.00 bits per heavy atom. The van der Waals surface area contributed by atoms with Gasteiger partial charge in [-0.2, -0.15) is 0 Å². The van der Waals surface area contributed by atoms with Crippen LogP contribution < -0.4 is 5.32 Å². The summed E-state index contributed by atoms with van der Waals surface area (Å²) in [5.41, 5.74) is 0. The molecule has 3 rings (SSSR count). The first-order chi connectivity index (χ1) is 9.33. The zero-order valence-corrected chi connectivity index (χ0v) is 10.5. The van der Waals surface area contributed by atoms with Crippen molar-refractivity contribution in [3.63, 3.8) is 0 Å². The van der Waals surface area contributed by atoms with Gasteiger partial charge in [0.2, 0.25) is 5.89 Å². The van der Waals surface area contributed by atoms with Crippen molar-refractivity contribution >= 4 is 17.2 Å². The first-order valence-electron chi connectivity index (χ1n) is 5.51. The number of rotatable bonds is 4. The number of nitrogens with zero attached hydrogens (tertiary/aromatic N) is 2. The minimum absolute atomic E-state index is 0.165. The van der Waals surface area contributed by atoms with Crippen LogP contribution in [0.3, 0.4) is 0 Å². The van der Waals surface area contributed by atoms with Gasteiger partial charge < -0.3 is 14.2 Å². The van der Waals surface area contributed by atoms with E-state index in [4.69, 9.17) is 8.83 Å². The number of carbonyl (C=O) groups is 1. The van der Waals surface area contributed by atoms with Gasteiger partial charge in [-0.1, -0.05) is 6.07 Å². The van der Waals surface area contributed by atoms with Gasteiger partial charge >= 0.3 is 0 Å². The molecule has 0 aliphatic heterocycles. The summed E-state index contributed by atoms with van der Waals surface area (Å²) in [6, 6.07) is 7.03. The Balaban J connectivity index is 1.63. The number of carbonyl (C=O) groups excluding carboxylic acids is 1. The van der Waals surface area contributed by atoms with E-state index in [-0.39, 0.29) is 18.2 Å². The number of furan rings is 1. The maximum atomic E-state index is 11.6. The monoisotopic (exact) mass is 275 g/mol. The molecule has 1 N–H and O–H groups in total. The van der Waals surface area contributed by atoms with E-state index in [1.54, 1.807) is 12.1 Å². The third kappa shape index (κ3) is 2.55. The Kier molecular flexibility index (Phi) is 3.11. The van der Waals surface area contributed by atoms with E-state index in [1.165, 1.54) is 17.6 Å². The van der Waals surface area contributed by atoms with Crippen molar-refractivity contribution in [3.05, 3.63) is 47.6 Å². The van der Waals surface area contributed by atoms with Crippen LogP contribution in [0.5, 0.6) is 0 Å². The van der Waals surface area contributed by atoms with Crippen LogP contribution in [-0.4, -0.2) is 16.1 Å². The van der Waals surface area contributed by atoms with Gasteiger partial charge in [0, 0.05) is 0 Å². The fourth-order valence-corrected chi connectivity index (χ4v) is 2.12. The summed E-state index contributed by atoms with van der Waals surface area (Å²) in [6.45, 7) is 0.165. The molecule has 6 nitrogen and oxygen atoms in total. The van der Waals surface area contributed by atoms with Crippen molar-refractivity contribution < 1.29 is 13.6 Å². The van der Waals surface area contributed by atoms with Crippen molar-refractivity contribution in [2.75, 3.05) is 0 Å². The van der Waals surface area contributed by atoms with Gasteiger partial charge in [0.15, 0.2) is 5.76 Å². The van der Waals surface area contributed by atoms with Crippen LogP contribution in [-0.2, 0) is 6.54 Å². The molecule has 0 radical (unpaired) electrons. The predicted octanol–water partition coefficient (Wildman–Crippen LogP) is 2.32. The fourth-order valence-electron chi connectivity index (χ4n) is 1.48. The lowest BCUT2D eigenvalue weighted by Gasteiger charge is -1.98. The molecule has 0 saturated heterocycles. The molecule has 7 heteroatoms. The average Bonchev–Trinajstić information content (AvgIpc) is 3.14. The van der Waals surface area contributed by atoms with Crippen LogP contribution in [0.15, 0.2) is 44.7 Å². The zero-order chi connectivity index (χ0) is 13.1. The van der Waals surface area contributed by atoms with E-state index in [2.05, 4.69) is 15.5 Å². The minimum atomic E-state index is -0.319. The fraction of sp³-hybridized carbons (Fsp3) is 0.0833. The standard InChI is InChI=1S/C12H9N3O3S/c16-11(8-3-1-5-17-8)13-7-10-14-15-12(18-10)9-4-2-6-19-9/h1-6H,7H2,(H,13,16). The van der Waals surface area contributed by atoms with Gasteiger partial charge in [-0.3, -0.25) is 4.79 Å². The van der Waals surface area contributed by atoms with Crippen LogP contribution >= 0.6 is 11.3 Å². The molecule has 0 fully saturated rings. The maximum absolute atomic E-state index is 11.6. The minimum Gasteiger partial charge on any atom is -0.459 e. The molecule has 0 saturated carbocycles. The molecule has 0 bridgehead atoms. The van der Waals surface area contributed by atoms with Gasteiger partial charge in [0.05, 0.1) is 17.7 Å². The van der Waals surface area contributed by atoms with E-state index in [9.17, 15) is 4.79 Å². The molecular weight excluding hydrogens is 266 g/mol. The lowest BCUT2D eigenvalue weighted by Crippen LogP contribution is -2.22. The zero-order valence-electron chi connectivity index (χ0n) is 9.70. The van der Waals surface area contributed by atoms with Crippen molar-refractivity contribution in [1.82, 2.24) is 15.5 Å². The van der Waals surface area contributed by atoms with Crippen LogP contribution in [0.4, 0.5) is 0 Å². The van der Waals surface area contributed by atoms with E-state index in [0.29, 0.717) is 11.8 Å². The molecule has 96 valence electrons. The first-order valence-corrected chi connectivity index (χ1v) is 6.39. The van der Waals surface area contributed by atoms with Crippen LogP contribution in [0, 0.1) is 0 Å². The number of aromatic nitrogens is 2. The second-order valence-corrected chi connectivity index (χ2v) is 4.59. The third-order valence-corrected chi connectivity index (χ3v) is 3.20. The topological polar surface area (TPSA) is 81.2 Å². The smallest absolute Gasteiger partial charge is 0.287 e. The highest BCUT2D eigenvalue weighted by atomic mass is 32.1. The van der Waals surface area contributed by atoms with E-state index in [1.807, 2.05) is 17.5 Å². The predicted molar refractivity (Wildman–Crippen MR) is 67.5 cm³/mol. The van der Waals surface area contributed by atoms with Gasteiger partial charge in [0.25, 0.3) is 11.8 Å². The SMILES string of the molecule is O=C(NCc1nnc(-c2cccs2)o1)c1ccco1.